The third kappa shape index (κ3) is 11.9. The van der Waals surface area contributed by atoms with E-state index in [1.165, 1.54) is 31.8 Å². The molecule has 7 heteroatoms. The van der Waals surface area contributed by atoms with Crippen LogP contribution in [0.5, 0.6) is 0 Å². The fourth-order valence-electron chi connectivity index (χ4n) is 3.62. The summed E-state index contributed by atoms with van der Waals surface area (Å²) in [6.45, 7) is 7.30. The zero-order valence-corrected chi connectivity index (χ0v) is 19.4. The molecule has 7 nitrogen and oxygen atoms in total. The van der Waals surface area contributed by atoms with Gasteiger partial charge in [-0.15, -0.1) is 0 Å². The number of ether oxygens (including phenoxy) is 2. The molecule has 1 rings (SSSR count). The largest absolute Gasteiger partial charge is 0.461 e. The maximum atomic E-state index is 12.9. The first-order valence-corrected chi connectivity index (χ1v) is 11.9. The van der Waals surface area contributed by atoms with Crippen LogP contribution in [0.3, 0.4) is 0 Å². The number of carbonyl (C=O) groups is 3. The lowest BCUT2D eigenvalue weighted by atomic mass is 10.0. The standard InChI is InChI=1S/C24H42N2O5/c1-4-17-30-21(27)16-15-20(26-23(28)22(25)18(2)3)24(29)31-19-13-11-9-7-5-6-8-10-12-14-19/h4,18-20,22H,1,5-17,25H2,2-3H3,(H,26,28)/t20-,22?/m0/s1. The normalized spacial score (nSPS) is 18.3. The van der Waals surface area contributed by atoms with Crippen molar-refractivity contribution in [1.29, 1.82) is 0 Å². The van der Waals surface area contributed by atoms with E-state index in [0.29, 0.717) is 0 Å². The molecule has 0 aromatic rings. The highest BCUT2D eigenvalue weighted by atomic mass is 16.5. The Labute approximate surface area is 187 Å². The number of hydrogen-bond acceptors (Lipinski definition) is 6. The Morgan fingerprint density at radius 3 is 2.10 bits per heavy atom. The average Bonchev–Trinajstić information content (AvgIpc) is 2.80. The second kappa shape index (κ2) is 15.8. The van der Waals surface area contributed by atoms with Gasteiger partial charge in [0.2, 0.25) is 5.91 Å². The molecule has 1 unspecified atom stereocenters. The van der Waals surface area contributed by atoms with E-state index in [-0.39, 0.29) is 31.5 Å². The van der Waals surface area contributed by atoms with Crippen LogP contribution >= 0.6 is 0 Å². The van der Waals surface area contributed by atoms with Crippen molar-refractivity contribution in [3.05, 3.63) is 12.7 Å². The second-order valence-electron chi connectivity index (χ2n) is 8.81. The van der Waals surface area contributed by atoms with Crippen molar-refractivity contribution in [3.63, 3.8) is 0 Å². The molecule has 31 heavy (non-hydrogen) atoms. The van der Waals surface area contributed by atoms with Crippen molar-refractivity contribution in [1.82, 2.24) is 5.32 Å². The number of amides is 1. The monoisotopic (exact) mass is 438 g/mol. The fraction of sp³-hybridized carbons (Fsp3) is 0.792. The third-order valence-electron chi connectivity index (χ3n) is 5.71. The van der Waals surface area contributed by atoms with Crippen molar-refractivity contribution < 1.29 is 23.9 Å². The molecule has 0 radical (unpaired) electrons. The number of nitrogens with two attached hydrogens (primary N) is 1. The van der Waals surface area contributed by atoms with Crippen molar-refractivity contribution in [2.75, 3.05) is 6.61 Å². The zero-order chi connectivity index (χ0) is 23.1. The van der Waals surface area contributed by atoms with Gasteiger partial charge >= 0.3 is 11.9 Å². The van der Waals surface area contributed by atoms with Crippen molar-refractivity contribution in [2.24, 2.45) is 11.7 Å². The molecule has 1 aliphatic carbocycles. The van der Waals surface area contributed by atoms with E-state index in [0.717, 1.165) is 38.5 Å². The SMILES string of the molecule is C=CCOC(=O)CC[C@H](NC(=O)C(N)C(C)C)C(=O)OC1CCCCCCCCCC1. The highest BCUT2D eigenvalue weighted by molar-refractivity contribution is 5.88. The van der Waals surface area contributed by atoms with E-state index in [4.69, 9.17) is 15.2 Å². The summed E-state index contributed by atoms with van der Waals surface area (Å²) >= 11 is 0. The first-order valence-electron chi connectivity index (χ1n) is 11.9. The summed E-state index contributed by atoms with van der Waals surface area (Å²) in [6, 6.07) is -1.66. The number of hydrogen-bond donors (Lipinski definition) is 2. The van der Waals surface area contributed by atoms with E-state index >= 15 is 0 Å². The molecule has 0 saturated heterocycles. The van der Waals surface area contributed by atoms with Gasteiger partial charge in [-0.2, -0.15) is 0 Å². The first-order chi connectivity index (χ1) is 14.8. The van der Waals surface area contributed by atoms with Crippen LogP contribution in [0.15, 0.2) is 12.7 Å². The Balaban J connectivity index is 2.74. The van der Waals surface area contributed by atoms with Gasteiger partial charge in [0.05, 0.1) is 6.04 Å². The second-order valence-corrected chi connectivity index (χ2v) is 8.81. The van der Waals surface area contributed by atoms with Crippen LogP contribution in [-0.4, -0.2) is 42.6 Å². The van der Waals surface area contributed by atoms with Gasteiger partial charge in [0.1, 0.15) is 18.8 Å². The summed E-state index contributed by atoms with van der Waals surface area (Å²) in [5.41, 5.74) is 5.93. The molecular formula is C24H42N2O5. The number of carbonyl (C=O) groups excluding carboxylic acids is 3. The summed E-state index contributed by atoms with van der Waals surface area (Å²) in [4.78, 5) is 37.3. The van der Waals surface area contributed by atoms with E-state index in [2.05, 4.69) is 11.9 Å². The number of nitrogens with one attached hydrogen (secondary N) is 1. The minimum atomic E-state index is -0.924. The summed E-state index contributed by atoms with van der Waals surface area (Å²) in [7, 11) is 0. The van der Waals surface area contributed by atoms with Crippen molar-refractivity contribution in [3.8, 4) is 0 Å². The summed E-state index contributed by atoms with van der Waals surface area (Å²) in [6.07, 6.45) is 12.4. The quantitative estimate of drug-likeness (QED) is 0.397. The molecule has 178 valence electrons. The van der Waals surface area contributed by atoms with E-state index in [1.54, 1.807) is 0 Å². The van der Waals surface area contributed by atoms with Gasteiger partial charge in [0, 0.05) is 6.42 Å². The molecule has 0 aromatic carbocycles. The van der Waals surface area contributed by atoms with Crippen molar-refractivity contribution >= 4 is 17.8 Å². The minimum Gasteiger partial charge on any atom is -0.461 e. The Morgan fingerprint density at radius 1 is 1.03 bits per heavy atom. The van der Waals surface area contributed by atoms with Crippen LogP contribution in [0.2, 0.25) is 0 Å². The lowest BCUT2D eigenvalue weighted by Crippen LogP contribution is -2.51. The van der Waals surface area contributed by atoms with Gasteiger partial charge in [-0.05, 0) is 38.0 Å². The minimum absolute atomic E-state index is 0.00449. The Hall–Kier alpha value is -1.89. The van der Waals surface area contributed by atoms with Crippen LogP contribution in [0.1, 0.15) is 90.9 Å². The van der Waals surface area contributed by atoms with E-state index in [1.807, 2.05) is 13.8 Å². The molecule has 0 aliphatic heterocycles. The third-order valence-corrected chi connectivity index (χ3v) is 5.71. The fourth-order valence-corrected chi connectivity index (χ4v) is 3.62. The van der Waals surface area contributed by atoms with Crippen LogP contribution < -0.4 is 11.1 Å². The van der Waals surface area contributed by atoms with E-state index < -0.39 is 29.9 Å². The van der Waals surface area contributed by atoms with Crippen LogP contribution in [-0.2, 0) is 23.9 Å². The van der Waals surface area contributed by atoms with Gasteiger partial charge in [-0.1, -0.05) is 65.0 Å². The molecule has 1 saturated carbocycles. The Morgan fingerprint density at radius 2 is 1.58 bits per heavy atom. The lowest BCUT2D eigenvalue weighted by molar-refractivity contribution is -0.154. The van der Waals surface area contributed by atoms with Crippen molar-refractivity contribution in [2.45, 2.75) is 109 Å². The number of rotatable bonds is 10. The molecule has 0 spiro atoms. The Bertz CT molecular complexity index is 552. The van der Waals surface area contributed by atoms with Gasteiger partial charge in [0.25, 0.3) is 0 Å². The molecule has 2 atom stereocenters. The highest BCUT2D eigenvalue weighted by Crippen LogP contribution is 2.20. The summed E-state index contributed by atoms with van der Waals surface area (Å²) in [5.74, 6) is -1.44. The smallest absolute Gasteiger partial charge is 0.328 e. The van der Waals surface area contributed by atoms with Gasteiger partial charge in [-0.3, -0.25) is 9.59 Å². The van der Waals surface area contributed by atoms with Crippen LogP contribution in [0.25, 0.3) is 0 Å². The van der Waals surface area contributed by atoms with Crippen LogP contribution in [0.4, 0.5) is 0 Å². The predicted octanol–water partition coefficient (Wildman–Crippen LogP) is 3.79. The maximum absolute atomic E-state index is 12.9. The first kappa shape index (κ1) is 27.1. The topological polar surface area (TPSA) is 108 Å². The molecule has 3 N–H and O–H groups in total. The molecule has 1 amide bonds. The maximum Gasteiger partial charge on any atom is 0.328 e. The molecule has 0 heterocycles. The Kier molecular flexibility index (Phi) is 13.9. The van der Waals surface area contributed by atoms with Gasteiger partial charge < -0.3 is 20.5 Å². The average molecular weight is 439 g/mol. The highest BCUT2D eigenvalue weighted by Gasteiger charge is 2.28. The molecule has 0 aromatic heterocycles. The number of esters is 2. The molecule has 0 bridgehead atoms. The zero-order valence-electron chi connectivity index (χ0n) is 19.4. The molecular weight excluding hydrogens is 396 g/mol. The molecule has 1 fully saturated rings. The summed E-state index contributed by atoms with van der Waals surface area (Å²) in [5, 5.41) is 2.69. The predicted molar refractivity (Wildman–Crippen MR) is 121 cm³/mol. The van der Waals surface area contributed by atoms with Gasteiger partial charge in [0.15, 0.2) is 0 Å². The lowest BCUT2D eigenvalue weighted by Gasteiger charge is -2.24. The van der Waals surface area contributed by atoms with E-state index in [9.17, 15) is 14.4 Å². The van der Waals surface area contributed by atoms with Gasteiger partial charge in [-0.25, -0.2) is 4.79 Å². The molecule has 1 aliphatic rings. The summed E-state index contributed by atoms with van der Waals surface area (Å²) < 4.78 is 10.8. The van der Waals surface area contributed by atoms with Crippen LogP contribution in [0, 0.1) is 5.92 Å².